The number of fused-ring (bicyclic) bond motifs is 1. The standard InChI is InChI=1S/C21H18ClN5O3S/c1-29-16-8-7-13(11-17(16)30-2)21-25-24-18-9-10-20(26-27(18)21)31-12-19(28)23-15-6-4-3-5-14(15)22/h3-11H,12H2,1-2H3,(H,23,28). The molecule has 2 aromatic heterocycles. The number of methoxy groups -OCH3 is 2. The number of hydrogen-bond acceptors (Lipinski definition) is 7. The number of carbonyl (C=O) groups excluding carboxylic acids is 1. The second-order valence-corrected chi connectivity index (χ2v) is 7.75. The number of halogens is 1. The van der Waals surface area contributed by atoms with Gasteiger partial charge in [0.15, 0.2) is 23.0 Å². The van der Waals surface area contributed by atoms with E-state index in [1.54, 1.807) is 55.1 Å². The molecule has 10 heteroatoms. The van der Waals surface area contributed by atoms with Crippen molar-refractivity contribution in [2.24, 2.45) is 0 Å². The quantitative estimate of drug-likeness (QED) is 0.418. The smallest absolute Gasteiger partial charge is 0.234 e. The minimum absolute atomic E-state index is 0.177. The third-order valence-corrected chi connectivity index (χ3v) is 5.63. The number of benzene rings is 2. The summed E-state index contributed by atoms with van der Waals surface area (Å²) >= 11 is 7.39. The molecule has 0 aliphatic carbocycles. The van der Waals surface area contributed by atoms with E-state index < -0.39 is 0 Å². The van der Waals surface area contributed by atoms with Gasteiger partial charge in [0.2, 0.25) is 5.91 Å². The monoisotopic (exact) mass is 455 g/mol. The Balaban J connectivity index is 1.53. The van der Waals surface area contributed by atoms with Crippen LogP contribution in [-0.4, -0.2) is 45.7 Å². The number of nitrogens with one attached hydrogen (secondary N) is 1. The first-order valence-electron chi connectivity index (χ1n) is 9.21. The summed E-state index contributed by atoms with van der Waals surface area (Å²) in [5.74, 6) is 1.76. The van der Waals surface area contributed by atoms with Gasteiger partial charge in [0.25, 0.3) is 0 Å². The molecule has 0 aliphatic heterocycles. The van der Waals surface area contributed by atoms with Gasteiger partial charge >= 0.3 is 0 Å². The van der Waals surface area contributed by atoms with Crippen LogP contribution in [0.3, 0.4) is 0 Å². The lowest BCUT2D eigenvalue weighted by molar-refractivity contribution is -0.113. The summed E-state index contributed by atoms with van der Waals surface area (Å²) in [6.45, 7) is 0. The number of ether oxygens (including phenoxy) is 2. The topological polar surface area (TPSA) is 90.6 Å². The van der Waals surface area contributed by atoms with Gasteiger partial charge in [-0.1, -0.05) is 35.5 Å². The molecule has 0 atom stereocenters. The maximum Gasteiger partial charge on any atom is 0.234 e. The zero-order valence-electron chi connectivity index (χ0n) is 16.7. The molecule has 4 aromatic rings. The van der Waals surface area contributed by atoms with Crippen molar-refractivity contribution in [2.45, 2.75) is 5.03 Å². The molecule has 0 unspecified atom stereocenters. The van der Waals surface area contributed by atoms with Crippen LogP contribution in [0.2, 0.25) is 5.02 Å². The van der Waals surface area contributed by atoms with Crippen molar-refractivity contribution < 1.29 is 14.3 Å². The van der Waals surface area contributed by atoms with Gasteiger partial charge in [-0.25, -0.2) is 0 Å². The van der Waals surface area contributed by atoms with Crippen LogP contribution in [0.15, 0.2) is 59.6 Å². The van der Waals surface area contributed by atoms with E-state index in [9.17, 15) is 4.79 Å². The highest BCUT2D eigenvalue weighted by Gasteiger charge is 2.14. The molecule has 4 rings (SSSR count). The molecule has 1 N–H and O–H groups in total. The van der Waals surface area contributed by atoms with Crippen LogP contribution in [0.5, 0.6) is 11.5 Å². The molecular weight excluding hydrogens is 438 g/mol. The molecule has 1 amide bonds. The molecular formula is C21H18ClN5O3S. The van der Waals surface area contributed by atoms with E-state index in [2.05, 4.69) is 20.6 Å². The number of rotatable bonds is 7. The third kappa shape index (κ3) is 4.57. The van der Waals surface area contributed by atoms with Gasteiger partial charge < -0.3 is 14.8 Å². The fraction of sp³-hybridized carbons (Fsp3) is 0.143. The molecule has 31 heavy (non-hydrogen) atoms. The van der Waals surface area contributed by atoms with Crippen LogP contribution in [0, 0.1) is 0 Å². The van der Waals surface area contributed by atoms with Crippen molar-refractivity contribution in [2.75, 3.05) is 25.3 Å². The van der Waals surface area contributed by atoms with E-state index in [1.165, 1.54) is 11.8 Å². The Labute approximate surface area is 187 Å². The first kappa shape index (κ1) is 21.0. The fourth-order valence-corrected chi connectivity index (χ4v) is 3.73. The number of anilines is 1. The van der Waals surface area contributed by atoms with Crippen LogP contribution >= 0.6 is 23.4 Å². The minimum Gasteiger partial charge on any atom is -0.493 e. The summed E-state index contributed by atoms with van der Waals surface area (Å²) in [6.07, 6.45) is 0. The molecule has 0 bridgehead atoms. The molecule has 2 heterocycles. The molecule has 2 aromatic carbocycles. The van der Waals surface area contributed by atoms with Crippen molar-refractivity contribution in [3.63, 3.8) is 0 Å². The summed E-state index contributed by atoms with van der Waals surface area (Å²) < 4.78 is 12.3. The van der Waals surface area contributed by atoms with E-state index >= 15 is 0 Å². The Hall–Kier alpha value is -3.30. The average Bonchev–Trinajstić information content (AvgIpc) is 3.22. The molecule has 0 radical (unpaired) electrons. The number of aromatic nitrogens is 4. The van der Waals surface area contributed by atoms with Crippen molar-refractivity contribution in [1.82, 2.24) is 19.8 Å². The van der Waals surface area contributed by atoms with Crippen LogP contribution in [-0.2, 0) is 4.79 Å². The number of nitrogens with zero attached hydrogens (tertiary/aromatic N) is 4. The van der Waals surface area contributed by atoms with Crippen LogP contribution in [0.4, 0.5) is 5.69 Å². The maximum atomic E-state index is 12.3. The van der Waals surface area contributed by atoms with Gasteiger partial charge in [0, 0.05) is 5.56 Å². The van der Waals surface area contributed by atoms with Crippen LogP contribution in [0.1, 0.15) is 0 Å². The Bertz CT molecular complexity index is 1250. The van der Waals surface area contributed by atoms with Crippen molar-refractivity contribution in [3.05, 3.63) is 59.6 Å². The molecule has 158 valence electrons. The molecule has 8 nitrogen and oxygen atoms in total. The van der Waals surface area contributed by atoms with Gasteiger partial charge in [-0.2, -0.15) is 9.61 Å². The SMILES string of the molecule is COc1ccc(-c2nnc3ccc(SCC(=O)Nc4ccccc4Cl)nn23)cc1OC. The number of carbonyl (C=O) groups is 1. The van der Waals surface area contributed by atoms with Crippen molar-refractivity contribution in [3.8, 4) is 22.9 Å². The van der Waals surface area contributed by atoms with Gasteiger partial charge in [0.05, 0.1) is 30.7 Å². The second-order valence-electron chi connectivity index (χ2n) is 6.35. The van der Waals surface area contributed by atoms with E-state index in [0.717, 1.165) is 5.56 Å². The summed E-state index contributed by atoms with van der Waals surface area (Å²) in [5.41, 5.74) is 1.94. The molecule has 0 aliphatic rings. The first-order valence-corrected chi connectivity index (χ1v) is 10.6. The molecule has 0 saturated heterocycles. The van der Waals surface area contributed by atoms with Gasteiger partial charge in [-0.05, 0) is 42.5 Å². The maximum absolute atomic E-state index is 12.3. The predicted octanol–water partition coefficient (Wildman–Crippen LogP) is 4.19. The first-order chi connectivity index (χ1) is 15.1. The zero-order valence-corrected chi connectivity index (χ0v) is 18.3. The lowest BCUT2D eigenvalue weighted by Gasteiger charge is -2.09. The van der Waals surface area contributed by atoms with Gasteiger partial charge in [-0.15, -0.1) is 10.2 Å². The van der Waals surface area contributed by atoms with E-state index in [0.29, 0.717) is 38.7 Å². The summed E-state index contributed by atoms with van der Waals surface area (Å²) in [7, 11) is 3.15. The lowest BCUT2D eigenvalue weighted by Crippen LogP contribution is -2.14. The Morgan fingerprint density at radius 1 is 1.06 bits per heavy atom. The Morgan fingerprint density at radius 3 is 2.65 bits per heavy atom. The minimum atomic E-state index is -0.177. The Kier molecular flexibility index (Phi) is 6.24. The lowest BCUT2D eigenvalue weighted by atomic mass is 10.2. The largest absolute Gasteiger partial charge is 0.493 e. The van der Waals surface area contributed by atoms with Crippen LogP contribution in [0.25, 0.3) is 17.0 Å². The third-order valence-electron chi connectivity index (χ3n) is 4.38. The Morgan fingerprint density at radius 2 is 1.87 bits per heavy atom. The number of hydrogen-bond donors (Lipinski definition) is 1. The normalized spacial score (nSPS) is 10.8. The zero-order chi connectivity index (χ0) is 21.8. The number of para-hydroxylation sites is 1. The summed E-state index contributed by atoms with van der Waals surface area (Å²) in [5, 5.41) is 16.9. The van der Waals surface area contributed by atoms with Gasteiger partial charge in [-0.3, -0.25) is 4.79 Å². The number of amides is 1. The van der Waals surface area contributed by atoms with Crippen molar-refractivity contribution in [1.29, 1.82) is 0 Å². The molecule has 0 spiro atoms. The van der Waals surface area contributed by atoms with Crippen molar-refractivity contribution >= 4 is 40.6 Å². The number of thioether (sulfide) groups is 1. The van der Waals surface area contributed by atoms with Gasteiger partial charge in [0.1, 0.15) is 5.03 Å². The average molecular weight is 456 g/mol. The highest BCUT2D eigenvalue weighted by atomic mass is 35.5. The highest BCUT2D eigenvalue weighted by Crippen LogP contribution is 2.31. The van der Waals surface area contributed by atoms with E-state index in [-0.39, 0.29) is 11.7 Å². The molecule has 0 fully saturated rings. The van der Waals surface area contributed by atoms with E-state index in [1.807, 2.05) is 18.2 Å². The highest BCUT2D eigenvalue weighted by molar-refractivity contribution is 7.99. The predicted molar refractivity (Wildman–Crippen MR) is 120 cm³/mol. The summed E-state index contributed by atoms with van der Waals surface area (Å²) in [4.78, 5) is 12.3. The molecule has 0 saturated carbocycles. The second kappa shape index (κ2) is 9.23. The fourth-order valence-electron chi connectivity index (χ4n) is 2.89. The van der Waals surface area contributed by atoms with E-state index in [4.69, 9.17) is 21.1 Å². The van der Waals surface area contributed by atoms with Crippen LogP contribution < -0.4 is 14.8 Å². The summed E-state index contributed by atoms with van der Waals surface area (Å²) in [6, 6.07) is 16.2.